The summed E-state index contributed by atoms with van der Waals surface area (Å²) < 4.78 is 0. The van der Waals surface area contributed by atoms with Crippen molar-refractivity contribution in [2.75, 3.05) is 20.6 Å². The standard InChI is InChI=1S/C19H29N5S.HI/c1-5-17-12-21-18(25-17)13-23-19(20-6-2)22-11-15-9-7-8-10-16(15)14-24(3)4;/h7-10,12H,5-6,11,13-14H2,1-4H3,(H2,20,22,23);1H. The number of halogens is 1. The van der Waals surface area contributed by atoms with Crippen LogP contribution in [0.25, 0.3) is 0 Å². The van der Waals surface area contributed by atoms with Crippen LogP contribution in [0.3, 0.4) is 0 Å². The van der Waals surface area contributed by atoms with Crippen LogP contribution in [0.5, 0.6) is 0 Å². The number of hydrogen-bond donors (Lipinski definition) is 2. The van der Waals surface area contributed by atoms with Crippen LogP contribution in [-0.2, 0) is 26.1 Å². The number of nitrogens with one attached hydrogen (secondary N) is 2. The van der Waals surface area contributed by atoms with Crippen molar-refractivity contribution in [3.63, 3.8) is 0 Å². The lowest BCUT2D eigenvalue weighted by molar-refractivity contribution is 0.401. The number of nitrogens with zero attached hydrogens (tertiary/aromatic N) is 3. The number of thiazole rings is 1. The number of benzene rings is 1. The molecule has 0 amide bonds. The molecule has 0 radical (unpaired) electrons. The average molecular weight is 487 g/mol. The molecule has 0 bridgehead atoms. The normalized spacial score (nSPS) is 11.3. The van der Waals surface area contributed by atoms with E-state index in [9.17, 15) is 0 Å². The second kappa shape index (κ2) is 12.2. The molecular formula is C19H30IN5S. The predicted octanol–water partition coefficient (Wildman–Crippen LogP) is 3.64. The highest BCUT2D eigenvalue weighted by atomic mass is 127. The van der Waals surface area contributed by atoms with E-state index in [1.807, 2.05) is 6.20 Å². The van der Waals surface area contributed by atoms with Crippen LogP contribution >= 0.6 is 35.3 Å². The summed E-state index contributed by atoms with van der Waals surface area (Å²) in [6.07, 6.45) is 3.00. The first kappa shape index (κ1) is 22.9. The summed E-state index contributed by atoms with van der Waals surface area (Å²) in [6.45, 7) is 7.36. The van der Waals surface area contributed by atoms with Crippen LogP contribution < -0.4 is 10.6 Å². The van der Waals surface area contributed by atoms with Crippen LogP contribution in [0.2, 0.25) is 0 Å². The highest BCUT2D eigenvalue weighted by Crippen LogP contribution is 2.13. The Morgan fingerprint density at radius 1 is 1.15 bits per heavy atom. The third kappa shape index (κ3) is 7.59. The van der Waals surface area contributed by atoms with Crippen LogP contribution in [0, 0.1) is 0 Å². The van der Waals surface area contributed by atoms with Gasteiger partial charge in [-0.1, -0.05) is 31.2 Å². The summed E-state index contributed by atoms with van der Waals surface area (Å²) in [5.41, 5.74) is 2.58. The zero-order chi connectivity index (χ0) is 18.1. The highest BCUT2D eigenvalue weighted by Gasteiger charge is 2.05. The predicted molar refractivity (Wildman–Crippen MR) is 122 cm³/mol. The molecule has 1 aromatic carbocycles. The SMILES string of the molecule is CCNC(=NCc1ccccc1CN(C)C)NCc1ncc(CC)s1.I. The molecule has 0 fully saturated rings. The minimum absolute atomic E-state index is 0. The van der Waals surface area contributed by atoms with Crippen molar-refractivity contribution in [3.8, 4) is 0 Å². The molecule has 1 aromatic heterocycles. The minimum Gasteiger partial charge on any atom is -0.357 e. The molecule has 144 valence electrons. The van der Waals surface area contributed by atoms with E-state index in [-0.39, 0.29) is 24.0 Å². The van der Waals surface area contributed by atoms with E-state index in [0.29, 0.717) is 13.1 Å². The van der Waals surface area contributed by atoms with Gasteiger partial charge in [-0.05, 0) is 38.6 Å². The van der Waals surface area contributed by atoms with Gasteiger partial charge in [0.25, 0.3) is 0 Å². The molecule has 26 heavy (non-hydrogen) atoms. The van der Waals surface area contributed by atoms with Gasteiger partial charge in [0, 0.05) is 24.2 Å². The van der Waals surface area contributed by atoms with Gasteiger partial charge in [-0.2, -0.15) is 0 Å². The lowest BCUT2D eigenvalue weighted by Crippen LogP contribution is -2.36. The second-order valence-corrected chi connectivity index (χ2v) is 7.33. The van der Waals surface area contributed by atoms with Gasteiger partial charge < -0.3 is 15.5 Å². The van der Waals surface area contributed by atoms with Gasteiger partial charge in [-0.3, -0.25) is 0 Å². The van der Waals surface area contributed by atoms with Gasteiger partial charge in [0.05, 0.1) is 13.1 Å². The summed E-state index contributed by atoms with van der Waals surface area (Å²) >= 11 is 1.75. The molecular weight excluding hydrogens is 457 g/mol. The molecule has 0 aliphatic rings. The Morgan fingerprint density at radius 3 is 2.50 bits per heavy atom. The molecule has 0 spiro atoms. The molecule has 0 aliphatic heterocycles. The fourth-order valence-electron chi connectivity index (χ4n) is 2.47. The van der Waals surface area contributed by atoms with Crippen molar-refractivity contribution in [1.82, 2.24) is 20.5 Å². The Labute approximate surface area is 178 Å². The Kier molecular flexibility index (Phi) is 10.8. The van der Waals surface area contributed by atoms with Gasteiger partial charge in [-0.25, -0.2) is 9.98 Å². The Bertz CT molecular complexity index is 684. The Balaban J connectivity index is 0.00000338. The summed E-state index contributed by atoms with van der Waals surface area (Å²) in [6, 6.07) is 8.49. The van der Waals surface area contributed by atoms with Crippen molar-refractivity contribution in [2.24, 2.45) is 4.99 Å². The smallest absolute Gasteiger partial charge is 0.191 e. The number of rotatable bonds is 8. The van der Waals surface area contributed by atoms with Gasteiger partial charge >= 0.3 is 0 Å². The largest absolute Gasteiger partial charge is 0.357 e. The number of aryl methyl sites for hydroxylation is 1. The molecule has 2 rings (SSSR count). The molecule has 1 heterocycles. The summed E-state index contributed by atoms with van der Waals surface area (Å²) in [5, 5.41) is 7.78. The summed E-state index contributed by atoms with van der Waals surface area (Å²) in [7, 11) is 4.18. The molecule has 0 saturated heterocycles. The van der Waals surface area contributed by atoms with Gasteiger partial charge in [0.1, 0.15) is 5.01 Å². The molecule has 2 N–H and O–H groups in total. The molecule has 0 unspecified atom stereocenters. The lowest BCUT2D eigenvalue weighted by Gasteiger charge is -2.14. The molecule has 0 aliphatic carbocycles. The maximum Gasteiger partial charge on any atom is 0.191 e. The van der Waals surface area contributed by atoms with Crippen LogP contribution in [0.4, 0.5) is 0 Å². The van der Waals surface area contributed by atoms with E-state index >= 15 is 0 Å². The fraction of sp³-hybridized carbons (Fsp3) is 0.474. The molecule has 2 aromatic rings. The van der Waals surface area contributed by atoms with E-state index < -0.39 is 0 Å². The monoisotopic (exact) mass is 487 g/mol. The van der Waals surface area contributed by atoms with E-state index in [0.717, 1.165) is 30.5 Å². The molecule has 7 heteroatoms. The first-order valence-electron chi connectivity index (χ1n) is 8.79. The van der Waals surface area contributed by atoms with E-state index in [1.165, 1.54) is 16.0 Å². The number of aliphatic imine (C=N–C) groups is 1. The van der Waals surface area contributed by atoms with E-state index in [1.54, 1.807) is 11.3 Å². The highest BCUT2D eigenvalue weighted by molar-refractivity contribution is 14.0. The maximum absolute atomic E-state index is 4.75. The van der Waals surface area contributed by atoms with Crippen LogP contribution in [0.1, 0.15) is 34.9 Å². The van der Waals surface area contributed by atoms with E-state index in [2.05, 4.69) is 72.7 Å². The minimum atomic E-state index is 0. The Morgan fingerprint density at radius 2 is 1.88 bits per heavy atom. The van der Waals surface area contributed by atoms with Gasteiger partial charge in [-0.15, -0.1) is 35.3 Å². The lowest BCUT2D eigenvalue weighted by atomic mass is 10.1. The Hall–Kier alpha value is -1.19. The first-order valence-corrected chi connectivity index (χ1v) is 9.61. The van der Waals surface area contributed by atoms with Crippen molar-refractivity contribution in [2.45, 2.75) is 39.9 Å². The third-order valence-corrected chi connectivity index (χ3v) is 4.86. The quantitative estimate of drug-likeness (QED) is 0.339. The molecule has 5 nitrogen and oxygen atoms in total. The van der Waals surface area contributed by atoms with E-state index in [4.69, 9.17) is 4.99 Å². The first-order chi connectivity index (χ1) is 12.1. The van der Waals surface area contributed by atoms with Gasteiger partial charge in [0.2, 0.25) is 0 Å². The summed E-state index contributed by atoms with van der Waals surface area (Å²) in [4.78, 5) is 12.7. The topological polar surface area (TPSA) is 52.6 Å². The number of hydrogen-bond acceptors (Lipinski definition) is 4. The van der Waals surface area contributed by atoms with Crippen molar-refractivity contribution < 1.29 is 0 Å². The molecule has 0 saturated carbocycles. The third-order valence-electron chi connectivity index (χ3n) is 3.71. The van der Waals surface area contributed by atoms with Crippen LogP contribution in [-0.4, -0.2) is 36.5 Å². The zero-order valence-electron chi connectivity index (χ0n) is 16.1. The fourth-order valence-corrected chi connectivity index (χ4v) is 3.27. The second-order valence-electron chi connectivity index (χ2n) is 6.13. The maximum atomic E-state index is 4.75. The number of guanidine groups is 1. The van der Waals surface area contributed by atoms with Gasteiger partial charge in [0.15, 0.2) is 5.96 Å². The van der Waals surface area contributed by atoms with Crippen molar-refractivity contribution >= 4 is 41.3 Å². The van der Waals surface area contributed by atoms with Crippen molar-refractivity contribution in [1.29, 1.82) is 0 Å². The summed E-state index contributed by atoms with van der Waals surface area (Å²) in [5.74, 6) is 0.829. The van der Waals surface area contributed by atoms with Crippen molar-refractivity contribution in [3.05, 3.63) is 51.5 Å². The zero-order valence-corrected chi connectivity index (χ0v) is 19.2. The molecule has 0 atom stereocenters. The van der Waals surface area contributed by atoms with Crippen LogP contribution in [0.15, 0.2) is 35.5 Å². The average Bonchev–Trinajstić information content (AvgIpc) is 3.06. The number of aromatic nitrogens is 1.